The molecule has 0 aliphatic rings. The molecule has 1 unspecified atom stereocenters. The molecule has 0 saturated heterocycles. The number of amides is 1. The van der Waals surface area contributed by atoms with E-state index >= 15 is 0 Å². The lowest BCUT2D eigenvalue weighted by Crippen LogP contribution is -2.42. The van der Waals surface area contributed by atoms with Crippen LogP contribution in [0, 0.1) is 5.41 Å². The van der Waals surface area contributed by atoms with E-state index in [4.69, 9.17) is 10.8 Å². The average Bonchev–Trinajstić information content (AvgIpc) is 2.55. The zero-order valence-corrected chi connectivity index (χ0v) is 8.50. The molecule has 14 heavy (non-hydrogen) atoms. The van der Waals surface area contributed by atoms with Gasteiger partial charge < -0.3 is 10.8 Å². The molecule has 0 radical (unpaired) electrons. The van der Waals surface area contributed by atoms with Gasteiger partial charge >= 0.3 is 5.97 Å². The Hall–Kier alpha value is -1.36. The first-order chi connectivity index (χ1) is 6.47. The third-order valence-electron chi connectivity index (χ3n) is 2.12. The quantitative estimate of drug-likeness (QED) is 0.728. The molecule has 0 spiro atoms. The Morgan fingerprint density at radius 1 is 1.64 bits per heavy atom. The van der Waals surface area contributed by atoms with Gasteiger partial charge in [0.1, 0.15) is 5.41 Å². The van der Waals surface area contributed by atoms with Crippen molar-refractivity contribution in [2.75, 3.05) is 0 Å². The zero-order chi connectivity index (χ0) is 10.8. The summed E-state index contributed by atoms with van der Waals surface area (Å²) in [5.41, 5.74) is 3.56. The summed E-state index contributed by atoms with van der Waals surface area (Å²) in [7, 11) is 0. The highest BCUT2D eigenvalue weighted by Gasteiger charge is 2.39. The lowest BCUT2D eigenvalue weighted by Gasteiger charge is -2.19. The number of hydrogen-bond acceptors (Lipinski definition) is 3. The normalized spacial score (nSPS) is 14.6. The maximum atomic E-state index is 11.0. The Bertz CT molecular complexity index is 331. The van der Waals surface area contributed by atoms with E-state index < -0.39 is 17.3 Å². The number of carbonyl (C=O) groups is 2. The standard InChI is InChI=1S/C9H11NO3S/c1-9(7(10)11,8(12)13)5-6-3-2-4-14-6/h2-4H,5H2,1H3,(H2,10,11)(H,12,13). The molecule has 0 aliphatic carbocycles. The van der Waals surface area contributed by atoms with Crippen LogP contribution in [-0.4, -0.2) is 17.0 Å². The summed E-state index contributed by atoms with van der Waals surface area (Å²) in [5.74, 6) is -1.99. The van der Waals surface area contributed by atoms with Crippen molar-refractivity contribution in [2.24, 2.45) is 11.1 Å². The Balaban J connectivity index is 2.91. The van der Waals surface area contributed by atoms with Crippen molar-refractivity contribution in [1.29, 1.82) is 0 Å². The number of carbonyl (C=O) groups excluding carboxylic acids is 1. The number of nitrogens with two attached hydrogens (primary N) is 1. The number of thiophene rings is 1. The summed E-state index contributed by atoms with van der Waals surface area (Å²) in [6.45, 7) is 1.34. The predicted octanol–water partition coefficient (Wildman–Crippen LogP) is 0.867. The molecule has 1 atom stereocenters. The van der Waals surface area contributed by atoms with Gasteiger partial charge in [-0.1, -0.05) is 6.07 Å². The fraction of sp³-hybridized carbons (Fsp3) is 0.333. The second-order valence-corrected chi connectivity index (χ2v) is 4.29. The number of rotatable bonds is 4. The van der Waals surface area contributed by atoms with E-state index in [-0.39, 0.29) is 6.42 Å². The smallest absolute Gasteiger partial charge is 0.319 e. The Morgan fingerprint density at radius 3 is 2.64 bits per heavy atom. The van der Waals surface area contributed by atoms with Crippen LogP contribution in [0.15, 0.2) is 17.5 Å². The molecule has 3 N–H and O–H groups in total. The van der Waals surface area contributed by atoms with Crippen LogP contribution in [0.5, 0.6) is 0 Å². The van der Waals surface area contributed by atoms with Crippen molar-refractivity contribution in [3.8, 4) is 0 Å². The topological polar surface area (TPSA) is 80.4 Å². The minimum Gasteiger partial charge on any atom is -0.480 e. The molecule has 0 aliphatic heterocycles. The highest BCUT2D eigenvalue weighted by Crippen LogP contribution is 2.25. The first kappa shape index (κ1) is 10.7. The summed E-state index contributed by atoms with van der Waals surface area (Å²) in [6.07, 6.45) is 0.148. The van der Waals surface area contributed by atoms with Gasteiger partial charge in [0.05, 0.1) is 0 Å². The van der Waals surface area contributed by atoms with Crippen molar-refractivity contribution in [3.63, 3.8) is 0 Å². The van der Waals surface area contributed by atoms with Gasteiger partial charge in [0.2, 0.25) is 5.91 Å². The molecule has 1 rings (SSSR count). The molecule has 4 nitrogen and oxygen atoms in total. The molecule has 0 bridgehead atoms. The fourth-order valence-corrected chi connectivity index (χ4v) is 1.89. The van der Waals surface area contributed by atoms with Gasteiger partial charge in [0.25, 0.3) is 0 Å². The van der Waals surface area contributed by atoms with E-state index in [2.05, 4.69) is 0 Å². The van der Waals surface area contributed by atoms with Crippen molar-refractivity contribution in [1.82, 2.24) is 0 Å². The summed E-state index contributed by atoms with van der Waals surface area (Å²) in [4.78, 5) is 22.8. The van der Waals surface area contributed by atoms with Crippen LogP contribution in [-0.2, 0) is 16.0 Å². The molecular formula is C9H11NO3S. The molecule has 1 aromatic heterocycles. The van der Waals surface area contributed by atoms with E-state index in [1.54, 1.807) is 6.07 Å². The molecule has 1 heterocycles. The Morgan fingerprint density at radius 2 is 2.29 bits per heavy atom. The summed E-state index contributed by atoms with van der Waals surface area (Å²) < 4.78 is 0. The zero-order valence-electron chi connectivity index (χ0n) is 7.69. The molecule has 76 valence electrons. The summed E-state index contributed by atoms with van der Waals surface area (Å²) in [5, 5.41) is 10.7. The van der Waals surface area contributed by atoms with Gasteiger partial charge in [0, 0.05) is 11.3 Å². The predicted molar refractivity (Wildman–Crippen MR) is 53.0 cm³/mol. The minimum atomic E-state index is -1.51. The summed E-state index contributed by atoms with van der Waals surface area (Å²) in [6, 6.07) is 3.60. The van der Waals surface area contributed by atoms with Crippen LogP contribution in [0.2, 0.25) is 0 Å². The first-order valence-corrected chi connectivity index (χ1v) is 4.90. The maximum Gasteiger partial charge on any atom is 0.319 e. The van der Waals surface area contributed by atoms with E-state index in [1.165, 1.54) is 18.3 Å². The highest BCUT2D eigenvalue weighted by atomic mass is 32.1. The summed E-state index contributed by atoms with van der Waals surface area (Å²) >= 11 is 1.41. The van der Waals surface area contributed by atoms with E-state index in [9.17, 15) is 9.59 Å². The molecule has 1 amide bonds. The maximum absolute atomic E-state index is 11.0. The SMILES string of the molecule is CC(Cc1cccs1)(C(N)=O)C(=O)O. The molecular weight excluding hydrogens is 202 g/mol. The second kappa shape index (κ2) is 3.79. The number of carboxylic acids is 1. The van der Waals surface area contributed by atoms with Crippen LogP contribution in [0.3, 0.4) is 0 Å². The van der Waals surface area contributed by atoms with E-state index in [0.717, 1.165) is 4.88 Å². The van der Waals surface area contributed by atoms with Gasteiger partial charge in [-0.15, -0.1) is 11.3 Å². The lowest BCUT2D eigenvalue weighted by molar-refractivity contribution is -0.153. The third kappa shape index (κ3) is 1.93. The minimum absolute atomic E-state index is 0.148. The average molecular weight is 213 g/mol. The van der Waals surface area contributed by atoms with Crippen LogP contribution in [0.25, 0.3) is 0 Å². The van der Waals surface area contributed by atoms with Gasteiger partial charge in [-0.3, -0.25) is 9.59 Å². The molecule has 0 fully saturated rings. The van der Waals surface area contributed by atoms with Crippen LogP contribution in [0.4, 0.5) is 0 Å². The van der Waals surface area contributed by atoms with Crippen LogP contribution in [0.1, 0.15) is 11.8 Å². The highest BCUT2D eigenvalue weighted by molar-refractivity contribution is 7.09. The molecule has 5 heteroatoms. The third-order valence-corrected chi connectivity index (χ3v) is 3.00. The van der Waals surface area contributed by atoms with Crippen LogP contribution < -0.4 is 5.73 Å². The van der Waals surface area contributed by atoms with Crippen molar-refractivity contribution >= 4 is 23.2 Å². The molecule has 0 aromatic carbocycles. The van der Waals surface area contributed by atoms with Gasteiger partial charge in [-0.2, -0.15) is 0 Å². The molecule has 0 saturated carbocycles. The Kier molecular flexibility index (Phi) is 2.90. The van der Waals surface area contributed by atoms with Gasteiger partial charge in [-0.05, 0) is 18.4 Å². The Labute approximate surface area is 85.4 Å². The van der Waals surface area contributed by atoms with Gasteiger partial charge in [0.15, 0.2) is 0 Å². The monoisotopic (exact) mass is 213 g/mol. The van der Waals surface area contributed by atoms with Crippen molar-refractivity contribution in [2.45, 2.75) is 13.3 Å². The number of carboxylic acid groups (broad SMARTS) is 1. The lowest BCUT2D eigenvalue weighted by atomic mass is 9.85. The second-order valence-electron chi connectivity index (χ2n) is 3.26. The van der Waals surface area contributed by atoms with Gasteiger partial charge in [-0.25, -0.2) is 0 Å². The number of aliphatic carboxylic acids is 1. The van der Waals surface area contributed by atoms with Crippen molar-refractivity contribution < 1.29 is 14.7 Å². The number of primary amides is 1. The largest absolute Gasteiger partial charge is 0.480 e. The van der Waals surface area contributed by atoms with E-state index in [0.29, 0.717) is 0 Å². The van der Waals surface area contributed by atoms with Crippen molar-refractivity contribution in [3.05, 3.63) is 22.4 Å². The van der Waals surface area contributed by atoms with Crippen LogP contribution >= 0.6 is 11.3 Å². The first-order valence-electron chi connectivity index (χ1n) is 4.02. The molecule has 1 aromatic rings. The van der Waals surface area contributed by atoms with E-state index in [1.807, 2.05) is 11.4 Å². The fourth-order valence-electron chi connectivity index (χ4n) is 1.03. The number of hydrogen-bond donors (Lipinski definition) is 2.